The van der Waals surface area contributed by atoms with E-state index in [2.05, 4.69) is 155 Å². The van der Waals surface area contributed by atoms with Gasteiger partial charge in [0.05, 0.1) is 0 Å². The summed E-state index contributed by atoms with van der Waals surface area (Å²) in [4.78, 5) is 4.77. The largest absolute Gasteiger partial charge is 0.311 e. The Labute approximate surface area is 246 Å². The van der Waals surface area contributed by atoms with Crippen LogP contribution >= 0.6 is 0 Å². The average molecular weight is 537 g/mol. The lowest BCUT2D eigenvalue weighted by atomic mass is 9.49. The first kappa shape index (κ1) is 22.6. The molecule has 42 heavy (non-hydrogen) atoms. The molecule has 0 aromatic heterocycles. The Kier molecular flexibility index (Phi) is 4.43. The van der Waals surface area contributed by atoms with E-state index in [4.69, 9.17) is 0 Å². The van der Waals surface area contributed by atoms with Crippen LogP contribution in [-0.2, 0) is 0 Å². The molecule has 0 amide bonds. The molecule has 6 aromatic carbocycles. The third kappa shape index (κ3) is 3.04. The molecule has 1 saturated carbocycles. The van der Waals surface area contributed by atoms with Crippen molar-refractivity contribution in [1.82, 2.24) is 0 Å². The zero-order valence-corrected chi connectivity index (χ0v) is 23.1. The zero-order chi connectivity index (χ0) is 27.4. The van der Waals surface area contributed by atoms with Gasteiger partial charge >= 0.3 is 0 Å². The van der Waals surface area contributed by atoms with Crippen molar-refractivity contribution in [3.63, 3.8) is 0 Å². The lowest BCUT2D eigenvalue weighted by Crippen LogP contribution is -2.40. The van der Waals surface area contributed by atoms with Crippen molar-refractivity contribution in [2.45, 2.75) is 23.7 Å². The molecular formula is C40H28N2. The smallest absolute Gasteiger partial charge is 0.0462 e. The second-order valence-corrected chi connectivity index (χ2v) is 12.2. The quantitative estimate of drug-likeness (QED) is 0.190. The Morgan fingerprint density at radius 2 is 0.429 bits per heavy atom. The average Bonchev–Trinajstić information content (AvgIpc) is 3.12. The van der Waals surface area contributed by atoms with Crippen molar-refractivity contribution < 1.29 is 0 Å². The maximum Gasteiger partial charge on any atom is 0.0462 e. The molecule has 0 atom stereocenters. The highest BCUT2D eigenvalue weighted by molar-refractivity contribution is 5.81. The topological polar surface area (TPSA) is 6.48 Å². The molecule has 6 aromatic rings. The molecule has 0 spiro atoms. The lowest BCUT2D eigenvalue weighted by Gasteiger charge is -2.53. The number of rotatable bonds is 0. The van der Waals surface area contributed by atoms with Crippen LogP contribution < -0.4 is 9.80 Å². The van der Waals surface area contributed by atoms with Crippen molar-refractivity contribution >= 4 is 34.1 Å². The van der Waals surface area contributed by atoms with Crippen LogP contribution in [0.15, 0.2) is 146 Å². The molecule has 20 aliphatic heterocycles. The third-order valence-electron chi connectivity index (χ3n) is 10.3. The van der Waals surface area contributed by atoms with Gasteiger partial charge in [0.15, 0.2) is 0 Å². The van der Waals surface area contributed by atoms with Gasteiger partial charge < -0.3 is 9.80 Å². The molecule has 198 valence electrons. The molecule has 0 N–H and O–H groups in total. The maximum absolute atomic E-state index is 2.39. The van der Waals surface area contributed by atoms with Crippen LogP contribution in [-0.4, -0.2) is 0 Å². The van der Waals surface area contributed by atoms with E-state index in [0.29, 0.717) is 23.7 Å². The third-order valence-corrected chi connectivity index (χ3v) is 10.3. The van der Waals surface area contributed by atoms with Crippen molar-refractivity contribution in [1.29, 1.82) is 0 Å². The summed E-state index contributed by atoms with van der Waals surface area (Å²) >= 11 is 0. The minimum absolute atomic E-state index is 0.404. The normalized spacial score (nSPS) is 21.7. The summed E-state index contributed by atoms with van der Waals surface area (Å²) in [6.07, 6.45) is 0. The first-order chi connectivity index (χ1) is 20.8. The monoisotopic (exact) mass is 536 g/mol. The number of benzene rings is 6. The van der Waals surface area contributed by atoms with Crippen molar-refractivity contribution in [2.24, 2.45) is 0 Å². The Balaban J connectivity index is 1.32. The maximum atomic E-state index is 2.39. The van der Waals surface area contributed by atoms with Crippen LogP contribution in [0.1, 0.15) is 45.9 Å². The van der Waals surface area contributed by atoms with Gasteiger partial charge in [0.2, 0.25) is 0 Å². The molecule has 0 radical (unpaired) electrons. The molecule has 2 nitrogen and oxygen atoms in total. The van der Waals surface area contributed by atoms with Gasteiger partial charge in [0.1, 0.15) is 0 Å². The molecule has 2 heteroatoms. The summed E-state index contributed by atoms with van der Waals surface area (Å²) < 4.78 is 0. The summed E-state index contributed by atoms with van der Waals surface area (Å²) in [5.74, 6) is 1.62. The predicted octanol–water partition coefficient (Wildman–Crippen LogP) is 10.7. The van der Waals surface area contributed by atoms with Gasteiger partial charge in [0, 0.05) is 34.1 Å². The Hall–Kier alpha value is -5.08. The van der Waals surface area contributed by atoms with E-state index in [-0.39, 0.29) is 0 Å². The highest BCUT2D eigenvalue weighted by Gasteiger charge is 2.53. The molecule has 0 saturated heterocycles. The number of hydrogen-bond donors (Lipinski definition) is 0. The van der Waals surface area contributed by atoms with Gasteiger partial charge in [-0.3, -0.25) is 0 Å². The Bertz CT molecular complexity index is 1690. The van der Waals surface area contributed by atoms with E-state index >= 15 is 0 Å². The predicted molar refractivity (Wildman–Crippen MR) is 172 cm³/mol. The summed E-state index contributed by atoms with van der Waals surface area (Å²) in [7, 11) is 0. The Morgan fingerprint density at radius 1 is 0.238 bits per heavy atom. The molecule has 0 unspecified atom stereocenters. The highest BCUT2D eigenvalue weighted by atomic mass is 15.1. The van der Waals surface area contributed by atoms with Gasteiger partial charge in [-0.1, -0.05) is 72.8 Å². The van der Waals surface area contributed by atoms with Crippen molar-refractivity contribution in [3.8, 4) is 11.1 Å². The molecule has 20 heterocycles. The van der Waals surface area contributed by atoms with E-state index in [1.165, 1.54) is 67.5 Å². The van der Waals surface area contributed by atoms with Crippen LogP contribution in [0.3, 0.4) is 0 Å². The van der Waals surface area contributed by atoms with Crippen molar-refractivity contribution in [2.75, 3.05) is 9.80 Å². The highest BCUT2D eigenvalue weighted by Crippen LogP contribution is 2.67. The summed E-state index contributed by atoms with van der Waals surface area (Å²) in [5.41, 5.74) is 15.2. The van der Waals surface area contributed by atoms with Crippen molar-refractivity contribution in [3.05, 3.63) is 168 Å². The Morgan fingerprint density at radius 3 is 0.643 bits per heavy atom. The summed E-state index contributed by atoms with van der Waals surface area (Å²) in [6.45, 7) is 0. The van der Waals surface area contributed by atoms with Gasteiger partial charge in [-0.25, -0.2) is 0 Å². The van der Waals surface area contributed by atoms with Crippen LogP contribution in [0, 0.1) is 0 Å². The van der Waals surface area contributed by atoms with Crippen LogP contribution in [0.2, 0.25) is 0 Å². The van der Waals surface area contributed by atoms with Crippen LogP contribution in [0.5, 0.6) is 0 Å². The fraction of sp³-hybridized carbons (Fsp3) is 0.100. The van der Waals surface area contributed by atoms with Gasteiger partial charge in [-0.05, 0) is 130 Å². The molecule has 1 aliphatic carbocycles. The first-order valence-corrected chi connectivity index (χ1v) is 15.0. The van der Waals surface area contributed by atoms with E-state index in [9.17, 15) is 0 Å². The minimum atomic E-state index is 0.404. The second-order valence-electron chi connectivity index (χ2n) is 12.2. The first-order valence-electron chi connectivity index (χ1n) is 15.0. The fourth-order valence-corrected chi connectivity index (χ4v) is 8.29. The zero-order valence-electron chi connectivity index (χ0n) is 23.1. The molecule has 18 bridgehead atoms. The van der Waals surface area contributed by atoms with Crippen LogP contribution in [0.25, 0.3) is 11.1 Å². The van der Waals surface area contributed by atoms with E-state index in [0.717, 1.165) is 0 Å². The standard InChI is InChI=1S/C40H28N2/c1-13-31-14-2-25(1)26-3-15-32(16-4-26)42-35-21-9-29(10-22-35)39-37-27-5-17-33(18-6-27)41(31)34-19-7-28(8-20-34)38(37)40(39)30-11-23-36(42)24-12-30/h1-24,37-40H/t37-,38+,39-,40?/m0/s1. The number of nitrogens with zero attached hydrogens (tertiary/aromatic N) is 2. The fourth-order valence-electron chi connectivity index (χ4n) is 8.29. The number of hydrogen-bond acceptors (Lipinski definition) is 2. The molecule has 27 rings (SSSR count). The minimum Gasteiger partial charge on any atom is -0.311 e. The van der Waals surface area contributed by atoms with Crippen LogP contribution in [0.4, 0.5) is 34.1 Å². The molecule has 1 fully saturated rings. The lowest BCUT2D eigenvalue weighted by molar-refractivity contribution is 0.229. The second kappa shape index (κ2) is 8.24. The van der Waals surface area contributed by atoms with Gasteiger partial charge in [-0.2, -0.15) is 0 Å². The summed E-state index contributed by atoms with van der Waals surface area (Å²) in [6, 6.07) is 55.7. The SMILES string of the molecule is c1cc2ccc1-c1ccc(cc1)N1c3ccc(cc3)[C@H]3C4c5ccc(cc5)N2c2ccc(cc2)[C@H]4[C@H]3c2ccc1cc2. The van der Waals surface area contributed by atoms with Gasteiger partial charge in [-0.15, -0.1) is 0 Å². The van der Waals surface area contributed by atoms with E-state index < -0.39 is 0 Å². The summed E-state index contributed by atoms with van der Waals surface area (Å²) in [5, 5.41) is 0. The molecule has 21 aliphatic rings. The number of anilines is 6. The molecular weight excluding hydrogens is 508 g/mol. The van der Waals surface area contributed by atoms with Gasteiger partial charge in [0.25, 0.3) is 0 Å². The van der Waals surface area contributed by atoms with E-state index in [1.807, 2.05) is 0 Å². The van der Waals surface area contributed by atoms with E-state index in [1.54, 1.807) is 0 Å².